The van der Waals surface area contributed by atoms with Crippen LogP contribution < -0.4 is 5.32 Å². The molecule has 0 aromatic heterocycles. The zero-order valence-electron chi connectivity index (χ0n) is 7.70. The van der Waals surface area contributed by atoms with Crippen molar-refractivity contribution in [3.63, 3.8) is 0 Å². The standard InChI is InChI=1S/C7H13ClN2O3S/c8-2-6-14(12,13)10-4-1-7(11)9-3-5-10/h1-6H2,(H,9,11). The van der Waals surface area contributed by atoms with Crippen LogP contribution >= 0.6 is 11.6 Å². The fourth-order valence-corrected chi connectivity index (χ4v) is 3.03. The van der Waals surface area contributed by atoms with Crippen molar-refractivity contribution in [3.05, 3.63) is 0 Å². The molecule has 1 amide bonds. The molecule has 0 atom stereocenters. The topological polar surface area (TPSA) is 66.5 Å². The molecule has 0 aliphatic carbocycles. The molecule has 0 aromatic rings. The number of halogens is 1. The predicted octanol–water partition coefficient (Wildman–Crippen LogP) is -0.623. The van der Waals surface area contributed by atoms with Gasteiger partial charge in [0, 0.05) is 31.9 Å². The maximum Gasteiger partial charge on any atom is 0.221 e. The SMILES string of the molecule is O=C1CCN(S(=O)(=O)CCCl)CCN1. The van der Waals surface area contributed by atoms with Crippen molar-refractivity contribution in [2.75, 3.05) is 31.3 Å². The van der Waals surface area contributed by atoms with Crippen molar-refractivity contribution in [1.82, 2.24) is 9.62 Å². The number of hydrogen-bond donors (Lipinski definition) is 1. The van der Waals surface area contributed by atoms with E-state index in [2.05, 4.69) is 5.32 Å². The van der Waals surface area contributed by atoms with Crippen LogP contribution in [0.1, 0.15) is 6.42 Å². The Labute approximate surface area is 88.5 Å². The monoisotopic (exact) mass is 240 g/mol. The molecule has 1 aliphatic rings. The van der Waals surface area contributed by atoms with Gasteiger partial charge < -0.3 is 5.32 Å². The molecule has 1 fully saturated rings. The minimum absolute atomic E-state index is 0.0667. The van der Waals surface area contributed by atoms with Gasteiger partial charge in [0.25, 0.3) is 0 Å². The van der Waals surface area contributed by atoms with E-state index < -0.39 is 10.0 Å². The molecular formula is C7H13ClN2O3S. The number of alkyl halides is 1. The van der Waals surface area contributed by atoms with E-state index in [1.807, 2.05) is 0 Å². The molecule has 7 heteroatoms. The molecule has 0 radical (unpaired) electrons. The Bertz CT molecular complexity index is 304. The lowest BCUT2D eigenvalue weighted by atomic mass is 10.4. The number of nitrogens with zero attached hydrogens (tertiary/aromatic N) is 1. The molecule has 1 aliphatic heterocycles. The van der Waals surface area contributed by atoms with Crippen LogP contribution in [0, 0.1) is 0 Å². The molecule has 0 bridgehead atoms. The van der Waals surface area contributed by atoms with E-state index >= 15 is 0 Å². The second-order valence-corrected chi connectivity index (χ2v) is 5.47. The quantitative estimate of drug-likeness (QED) is 0.669. The summed E-state index contributed by atoms with van der Waals surface area (Å²) in [6.45, 7) is 0.969. The first-order chi connectivity index (χ1) is 6.56. The van der Waals surface area contributed by atoms with Crippen molar-refractivity contribution in [2.24, 2.45) is 0 Å². The molecule has 1 heterocycles. The van der Waals surface area contributed by atoms with Crippen molar-refractivity contribution in [1.29, 1.82) is 0 Å². The van der Waals surface area contributed by atoms with Gasteiger partial charge in [-0.25, -0.2) is 8.42 Å². The Morgan fingerprint density at radius 3 is 2.79 bits per heavy atom. The lowest BCUT2D eigenvalue weighted by Gasteiger charge is -2.18. The number of rotatable bonds is 3. The van der Waals surface area contributed by atoms with Crippen LogP contribution in [0.5, 0.6) is 0 Å². The number of amides is 1. The summed E-state index contributed by atoms with van der Waals surface area (Å²) >= 11 is 5.39. The molecule has 0 aromatic carbocycles. The van der Waals surface area contributed by atoms with Gasteiger partial charge in [0.15, 0.2) is 0 Å². The second kappa shape index (κ2) is 4.95. The van der Waals surface area contributed by atoms with Crippen molar-refractivity contribution in [2.45, 2.75) is 6.42 Å². The highest BCUT2D eigenvalue weighted by molar-refractivity contribution is 7.89. The second-order valence-electron chi connectivity index (χ2n) is 3.00. The fourth-order valence-electron chi connectivity index (χ4n) is 1.25. The Hall–Kier alpha value is -0.330. The number of carbonyl (C=O) groups is 1. The minimum Gasteiger partial charge on any atom is -0.355 e. The van der Waals surface area contributed by atoms with Crippen LogP contribution in [0.15, 0.2) is 0 Å². The minimum atomic E-state index is -3.27. The molecule has 1 N–H and O–H groups in total. The van der Waals surface area contributed by atoms with Gasteiger partial charge >= 0.3 is 0 Å². The first-order valence-corrected chi connectivity index (χ1v) is 6.51. The van der Waals surface area contributed by atoms with Crippen LogP contribution in [0.3, 0.4) is 0 Å². The van der Waals surface area contributed by atoms with Crippen molar-refractivity contribution < 1.29 is 13.2 Å². The molecule has 5 nitrogen and oxygen atoms in total. The van der Waals surface area contributed by atoms with Gasteiger partial charge in [-0.15, -0.1) is 11.6 Å². The Morgan fingerprint density at radius 2 is 2.14 bits per heavy atom. The first kappa shape index (κ1) is 11.7. The van der Waals surface area contributed by atoms with Crippen LogP contribution in [0.4, 0.5) is 0 Å². The maximum absolute atomic E-state index is 11.5. The summed E-state index contributed by atoms with van der Waals surface area (Å²) in [7, 11) is -3.27. The van der Waals surface area contributed by atoms with E-state index in [1.165, 1.54) is 4.31 Å². The van der Waals surface area contributed by atoms with E-state index in [-0.39, 0.29) is 30.5 Å². The summed E-state index contributed by atoms with van der Waals surface area (Å²) in [4.78, 5) is 11.0. The van der Waals surface area contributed by atoms with Gasteiger partial charge in [-0.3, -0.25) is 4.79 Å². The summed E-state index contributed by atoms with van der Waals surface area (Å²) in [6.07, 6.45) is 0.224. The fraction of sp³-hybridized carbons (Fsp3) is 0.857. The van der Waals surface area contributed by atoms with Gasteiger partial charge in [-0.2, -0.15) is 4.31 Å². The molecule has 82 valence electrons. The molecule has 0 spiro atoms. The average molecular weight is 241 g/mol. The highest BCUT2D eigenvalue weighted by atomic mass is 35.5. The van der Waals surface area contributed by atoms with Gasteiger partial charge in [-0.05, 0) is 0 Å². The smallest absolute Gasteiger partial charge is 0.221 e. The van der Waals surface area contributed by atoms with Crippen LogP contribution in [0.2, 0.25) is 0 Å². The zero-order valence-corrected chi connectivity index (χ0v) is 9.27. The lowest BCUT2D eigenvalue weighted by Crippen LogP contribution is -2.36. The number of nitrogens with one attached hydrogen (secondary N) is 1. The van der Waals surface area contributed by atoms with E-state index in [1.54, 1.807) is 0 Å². The van der Waals surface area contributed by atoms with Crippen molar-refractivity contribution >= 4 is 27.5 Å². The van der Waals surface area contributed by atoms with E-state index in [0.29, 0.717) is 13.1 Å². The number of hydrogen-bond acceptors (Lipinski definition) is 3. The van der Waals surface area contributed by atoms with Crippen LogP contribution in [0.25, 0.3) is 0 Å². The number of carbonyl (C=O) groups excluding carboxylic acids is 1. The van der Waals surface area contributed by atoms with E-state index in [0.717, 1.165) is 0 Å². The average Bonchev–Trinajstić information content (AvgIpc) is 2.30. The molecular weight excluding hydrogens is 228 g/mol. The van der Waals surface area contributed by atoms with Crippen LogP contribution in [-0.2, 0) is 14.8 Å². The lowest BCUT2D eigenvalue weighted by molar-refractivity contribution is -0.120. The van der Waals surface area contributed by atoms with Gasteiger partial charge in [0.1, 0.15) is 0 Å². The zero-order chi connectivity index (χ0) is 10.6. The van der Waals surface area contributed by atoms with E-state index in [4.69, 9.17) is 11.6 Å². The summed E-state index contributed by atoms with van der Waals surface area (Å²) in [6, 6.07) is 0. The third-order valence-corrected chi connectivity index (χ3v) is 4.29. The van der Waals surface area contributed by atoms with Crippen molar-refractivity contribution in [3.8, 4) is 0 Å². The third-order valence-electron chi connectivity index (χ3n) is 2.00. The molecule has 0 saturated carbocycles. The predicted molar refractivity (Wildman–Crippen MR) is 53.7 cm³/mol. The number of sulfonamides is 1. The Kier molecular flexibility index (Phi) is 4.15. The molecule has 1 saturated heterocycles. The summed E-state index contributed by atoms with van der Waals surface area (Å²) in [5, 5.41) is 2.61. The molecule has 1 rings (SSSR count). The van der Waals surface area contributed by atoms with Crippen LogP contribution in [-0.4, -0.2) is 49.9 Å². The summed E-state index contributed by atoms with van der Waals surface area (Å²) in [5.41, 5.74) is 0. The Morgan fingerprint density at radius 1 is 1.43 bits per heavy atom. The summed E-state index contributed by atoms with van der Waals surface area (Å²) in [5.74, 6) is -0.0864. The van der Waals surface area contributed by atoms with Gasteiger partial charge in [-0.1, -0.05) is 0 Å². The maximum atomic E-state index is 11.5. The Balaban J connectivity index is 2.63. The highest BCUT2D eigenvalue weighted by Gasteiger charge is 2.23. The normalized spacial score (nSPS) is 20.2. The molecule has 0 unspecified atom stereocenters. The summed E-state index contributed by atoms with van der Waals surface area (Å²) < 4.78 is 24.4. The van der Waals surface area contributed by atoms with E-state index in [9.17, 15) is 13.2 Å². The van der Waals surface area contributed by atoms with Gasteiger partial charge in [0.2, 0.25) is 15.9 Å². The van der Waals surface area contributed by atoms with Gasteiger partial charge in [0.05, 0.1) is 5.75 Å². The highest BCUT2D eigenvalue weighted by Crippen LogP contribution is 2.05. The molecule has 14 heavy (non-hydrogen) atoms. The first-order valence-electron chi connectivity index (χ1n) is 4.37. The largest absolute Gasteiger partial charge is 0.355 e. The third kappa shape index (κ3) is 3.11.